The minimum atomic E-state index is -0.664. The highest BCUT2D eigenvalue weighted by Gasteiger charge is 2.33. The number of anilines is 1. The minimum absolute atomic E-state index is 0.0984. The van der Waals surface area contributed by atoms with Crippen molar-refractivity contribution in [1.82, 2.24) is 0 Å². The Bertz CT molecular complexity index is 984. The molecule has 0 saturated carbocycles. The summed E-state index contributed by atoms with van der Waals surface area (Å²) in [5, 5.41) is 11.9. The lowest BCUT2D eigenvalue weighted by Crippen LogP contribution is -2.26. The molecule has 28 heavy (non-hydrogen) atoms. The fourth-order valence-electron chi connectivity index (χ4n) is 3.13. The van der Waals surface area contributed by atoms with Crippen LogP contribution in [0.3, 0.4) is 0 Å². The Balaban J connectivity index is 1.49. The van der Waals surface area contributed by atoms with E-state index in [9.17, 15) is 14.7 Å². The van der Waals surface area contributed by atoms with E-state index in [1.54, 1.807) is 24.3 Å². The molecule has 0 atom stereocenters. The average molecular weight is 375 g/mol. The van der Waals surface area contributed by atoms with E-state index in [0.29, 0.717) is 28.3 Å². The summed E-state index contributed by atoms with van der Waals surface area (Å²) in [6.45, 7) is -0.415. The quantitative estimate of drug-likeness (QED) is 0.535. The number of nitrogens with one attached hydrogen (secondary N) is 1. The van der Waals surface area contributed by atoms with Gasteiger partial charge in [0.05, 0.1) is 0 Å². The SMILES string of the molecule is O=C(COC(=O)C1c2ccccc2Oc2ccccc21)Nc1ccc(O)cc1. The monoisotopic (exact) mass is 375 g/mol. The third kappa shape index (κ3) is 3.53. The molecular weight excluding hydrogens is 358 g/mol. The van der Waals surface area contributed by atoms with Crippen molar-refractivity contribution in [3.8, 4) is 17.2 Å². The van der Waals surface area contributed by atoms with Crippen molar-refractivity contribution in [3.63, 3.8) is 0 Å². The van der Waals surface area contributed by atoms with Gasteiger partial charge in [0, 0.05) is 16.8 Å². The van der Waals surface area contributed by atoms with E-state index in [-0.39, 0.29) is 5.75 Å². The molecule has 0 unspecified atom stereocenters. The number of carbonyl (C=O) groups is 2. The second kappa shape index (κ2) is 7.44. The summed E-state index contributed by atoms with van der Waals surface area (Å²) in [6, 6.07) is 20.6. The van der Waals surface area contributed by atoms with Crippen LogP contribution in [0.5, 0.6) is 17.2 Å². The molecule has 3 aromatic carbocycles. The first-order valence-corrected chi connectivity index (χ1v) is 8.73. The number of esters is 1. The van der Waals surface area contributed by atoms with E-state index >= 15 is 0 Å². The van der Waals surface area contributed by atoms with Crippen molar-refractivity contribution in [2.24, 2.45) is 0 Å². The Labute approximate surface area is 161 Å². The Morgan fingerprint density at radius 1 is 0.893 bits per heavy atom. The molecule has 0 fully saturated rings. The highest BCUT2D eigenvalue weighted by Crippen LogP contribution is 2.44. The number of benzene rings is 3. The number of phenolic OH excluding ortho intramolecular Hbond substituents is 1. The molecular formula is C22H17NO5. The fourth-order valence-corrected chi connectivity index (χ4v) is 3.13. The molecule has 1 heterocycles. The summed E-state index contributed by atoms with van der Waals surface area (Å²) in [6.07, 6.45) is 0. The summed E-state index contributed by atoms with van der Waals surface area (Å²) in [5.74, 6) is -0.367. The maximum absolute atomic E-state index is 12.8. The first kappa shape index (κ1) is 17.6. The number of hydrogen-bond acceptors (Lipinski definition) is 5. The van der Waals surface area contributed by atoms with Gasteiger partial charge in [0.25, 0.3) is 5.91 Å². The van der Waals surface area contributed by atoms with Crippen LogP contribution in [0, 0.1) is 0 Å². The van der Waals surface area contributed by atoms with E-state index in [2.05, 4.69) is 5.32 Å². The Morgan fingerprint density at radius 3 is 2.07 bits per heavy atom. The molecule has 0 spiro atoms. The van der Waals surface area contributed by atoms with E-state index in [1.165, 1.54) is 12.1 Å². The maximum Gasteiger partial charge on any atom is 0.318 e. The lowest BCUT2D eigenvalue weighted by Gasteiger charge is -2.26. The highest BCUT2D eigenvalue weighted by atomic mass is 16.5. The Morgan fingerprint density at radius 2 is 1.46 bits per heavy atom. The molecule has 0 radical (unpaired) electrons. The summed E-state index contributed by atoms with van der Waals surface area (Å²) >= 11 is 0. The molecule has 2 N–H and O–H groups in total. The van der Waals surface area contributed by atoms with E-state index in [1.807, 2.05) is 36.4 Å². The average Bonchev–Trinajstić information content (AvgIpc) is 2.72. The van der Waals surface area contributed by atoms with Gasteiger partial charge in [0.2, 0.25) is 0 Å². The normalized spacial score (nSPS) is 12.3. The van der Waals surface area contributed by atoms with Gasteiger partial charge in [0.1, 0.15) is 23.2 Å². The lowest BCUT2D eigenvalue weighted by atomic mass is 9.88. The zero-order valence-corrected chi connectivity index (χ0v) is 14.8. The van der Waals surface area contributed by atoms with Crippen LogP contribution in [0.15, 0.2) is 72.8 Å². The van der Waals surface area contributed by atoms with Gasteiger partial charge in [-0.2, -0.15) is 0 Å². The molecule has 140 valence electrons. The van der Waals surface area contributed by atoms with Crippen molar-refractivity contribution in [2.45, 2.75) is 5.92 Å². The minimum Gasteiger partial charge on any atom is -0.508 e. The number of carbonyl (C=O) groups excluding carboxylic acids is 2. The van der Waals surface area contributed by atoms with E-state index in [0.717, 1.165) is 0 Å². The number of hydrogen-bond donors (Lipinski definition) is 2. The summed E-state index contributed by atoms with van der Waals surface area (Å²) in [4.78, 5) is 24.9. The van der Waals surface area contributed by atoms with Crippen molar-refractivity contribution in [1.29, 1.82) is 0 Å². The number of amides is 1. The first-order chi connectivity index (χ1) is 13.6. The third-order valence-corrected chi connectivity index (χ3v) is 4.41. The molecule has 6 heteroatoms. The van der Waals surface area contributed by atoms with Crippen LogP contribution in [0.2, 0.25) is 0 Å². The van der Waals surface area contributed by atoms with E-state index < -0.39 is 24.4 Å². The zero-order chi connectivity index (χ0) is 19.5. The van der Waals surface area contributed by atoms with Crippen LogP contribution < -0.4 is 10.1 Å². The number of fused-ring (bicyclic) bond motifs is 2. The molecule has 1 amide bonds. The van der Waals surface area contributed by atoms with Crippen molar-refractivity contribution < 1.29 is 24.2 Å². The molecule has 0 aromatic heterocycles. The van der Waals surface area contributed by atoms with Crippen molar-refractivity contribution >= 4 is 17.6 Å². The number of rotatable bonds is 4. The lowest BCUT2D eigenvalue weighted by molar-refractivity contribution is -0.148. The Hall–Kier alpha value is -3.80. The van der Waals surface area contributed by atoms with Gasteiger partial charge in [0.15, 0.2) is 6.61 Å². The standard InChI is InChI=1S/C22H17NO5/c24-15-11-9-14(10-12-15)23-20(25)13-27-22(26)21-16-5-1-3-7-18(16)28-19-8-4-2-6-17(19)21/h1-12,21,24H,13H2,(H,23,25). The third-order valence-electron chi connectivity index (χ3n) is 4.41. The van der Waals surface area contributed by atoms with Gasteiger partial charge in [-0.3, -0.25) is 9.59 Å². The maximum atomic E-state index is 12.8. The summed E-state index contributed by atoms with van der Waals surface area (Å²) < 4.78 is 11.2. The number of para-hydroxylation sites is 2. The largest absolute Gasteiger partial charge is 0.508 e. The van der Waals surface area contributed by atoms with Gasteiger partial charge >= 0.3 is 5.97 Å². The molecule has 6 nitrogen and oxygen atoms in total. The predicted molar refractivity (Wildman–Crippen MR) is 102 cm³/mol. The summed E-state index contributed by atoms with van der Waals surface area (Å²) in [7, 11) is 0. The second-order valence-corrected chi connectivity index (χ2v) is 6.31. The smallest absolute Gasteiger partial charge is 0.318 e. The van der Waals surface area contributed by atoms with Gasteiger partial charge in [-0.25, -0.2) is 0 Å². The predicted octanol–water partition coefficient (Wildman–Crippen LogP) is 3.81. The topological polar surface area (TPSA) is 84.9 Å². The van der Waals surface area contributed by atoms with Crippen LogP contribution in [0.4, 0.5) is 5.69 Å². The van der Waals surface area contributed by atoms with Crippen molar-refractivity contribution in [3.05, 3.63) is 83.9 Å². The van der Waals surface area contributed by atoms with Crippen LogP contribution in [0.1, 0.15) is 17.0 Å². The van der Waals surface area contributed by atoms with Crippen LogP contribution in [-0.2, 0) is 14.3 Å². The van der Waals surface area contributed by atoms with E-state index in [4.69, 9.17) is 9.47 Å². The number of ether oxygens (including phenoxy) is 2. The van der Waals surface area contributed by atoms with Crippen LogP contribution >= 0.6 is 0 Å². The summed E-state index contributed by atoms with van der Waals surface area (Å²) in [5.41, 5.74) is 1.90. The molecule has 3 aromatic rings. The second-order valence-electron chi connectivity index (χ2n) is 6.31. The Kier molecular flexibility index (Phi) is 4.68. The molecule has 1 aliphatic heterocycles. The van der Waals surface area contributed by atoms with Gasteiger partial charge in [-0.05, 0) is 36.4 Å². The molecule has 4 rings (SSSR count). The number of phenols is 1. The molecule has 0 aliphatic carbocycles. The van der Waals surface area contributed by atoms with Crippen molar-refractivity contribution in [2.75, 3.05) is 11.9 Å². The highest BCUT2D eigenvalue weighted by molar-refractivity contribution is 5.94. The van der Waals surface area contributed by atoms with Crippen LogP contribution in [0.25, 0.3) is 0 Å². The molecule has 0 bridgehead atoms. The first-order valence-electron chi connectivity index (χ1n) is 8.73. The number of aromatic hydroxyl groups is 1. The van der Waals surface area contributed by atoms with Crippen LogP contribution in [-0.4, -0.2) is 23.6 Å². The van der Waals surface area contributed by atoms with Gasteiger partial charge in [-0.1, -0.05) is 36.4 Å². The zero-order valence-electron chi connectivity index (χ0n) is 14.8. The molecule has 1 aliphatic rings. The van der Waals surface area contributed by atoms with Gasteiger partial charge in [-0.15, -0.1) is 0 Å². The van der Waals surface area contributed by atoms with Gasteiger partial charge < -0.3 is 19.9 Å². The molecule has 0 saturated heterocycles. The fraction of sp³-hybridized carbons (Fsp3) is 0.0909.